The third-order valence-electron chi connectivity index (χ3n) is 2.42. The maximum atomic E-state index is 6.19. The summed E-state index contributed by atoms with van der Waals surface area (Å²) >= 11 is 6.19. The Morgan fingerprint density at radius 2 is 1.57 bits per heavy atom. The first-order chi connectivity index (χ1) is 6.84. The maximum absolute atomic E-state index is 6.19. The summed E-state index contributed by atoms with van der Waals surface area (Å²) in [6, 6.07) is 0. The van der Waals surface area contributed by atoms with Gasteiger partial charge in [-0.05, 0) is 0 Å². The minimum absolute atomic E-state index is 0.0957. The summed E-state index contributed by atoms with van der Waals surface area (Å²) in [5.41, 5.74) is 0. The minimum atomic E-state index is 0.0957. The van der Waals surface area contributed by atoms with E-state index in [-0.39, 0.29) is 5.38 Å². The molecule has 14 heavy (non-hydrogen) atoms. The van der Waals surface area contributed by atoms with Crippen molar-refractivity contribution in [3.8, 4) is 11.6 Å². The molecular formula is C9H9ClN4. The van der Waals surface area contributed by atoms with Gasteiger partial charge in [0.05, 0.1) is 5.38 Å². The van der Waals surface area contributed by atoms with Gasteiger partial charge in [-0.25, -0.2) is 9.97 Å². The third kappa shape index (κ3) is 1.07. The molecule has 0 aliphatic carbocycles. The van der Waals surface area contributed by atoms with Gasteiger partial charge in [0.2, 0.25) is 0 Å². The molecule has 2 aromatic heterocycles. The van der Waals surface area contributed by atoms with Gasteiger partial charge in [0.25, 0.3) is 0 Å². The van der Waals surface area contributed by atoms with Gasteiger partial charge in [0.15, 0.2) is 11.6 Å². The number of imidazole rings is 2. The maximum Gasteiger partial charge on any atom is 0.176 e. The zero-order chi connectivity index (χ0) is 9.54. The first kappa shape index (κ1) is 8.05. The summed E-state index contributed by atoms with van der Waals surface area (Å²) in [7, 11) is 0. The molecule has 0 radical (unpaired) electrons. The average molecular weight is 209 g/mol. The van der Waals surface area contributed by atoms with E-state index in [0.29, 0.717) is 0 Å². The molecular weight excluding hydrogens is 200 g/mol. The largest absolute Gasteiger partial charge is 0.327 e. The second-order valence-corrected chi connectivity index (χ2v) is 4.02. The molecule has 3 rings (SSSR count). The molecule has 0 spiro atoms. The van der Waals surface area contributed by atoms with Crippen LogP contribution >= 0.6 is 11.6 Å². The molecule has 0 amide bonds. The Labute approximate surface area is 86.2 Å². The number of hydrogen-bond donors (Lipinski definition) is 0. The molecule has 0 saturated heterocycles. The number of nitrogens with zero attached hydrogens (tertiary/aromatic N) is 4. The van der Waals surface area contributed by atoms with E-state index in [2.05, 4.69) is 9.97 Å². The van der Waals surface area contributed by atoms with Crippen LogP contribution in [0.25, 0.3) is 11.6 Å². The molecule has 0 aromatic carbocycles. The van der Waals surface area contributed by atoms with Gasteiger partial charge in [-0.2, -0.15) is 0 Å². The summed E-state index contributed by atoms with van der Waals surface area (Å²) in [5.74, 6) is 1.80. The lowest BCUT2D eigenvalue weighted by atomic mass is 10.4. The van der Waals surface area contributed by atoms with E-state index in [1.54, 1.807) is 12.4 Å². The standard InChI is InChI=1S/C9H9ClN4/c10-7-5-13-3-1-11-8(13)9-12-2-4-14(9)6-7/h1-4,7H,5-6H2. The zero-order valence-electron chi connectivity index (χ0n) is 7.47. The van der Waals surface area contributed by atoms with Crippen LogP contribution in [0.5, 0.6) is 0 Å². The first-order valence-electron chi connectivity index (χ1n) is 4.51. The van der Waals surface area contributed by atoms with Crippen molar-refractivity contribution in [3.05, 3.63) is 24.8 Å². The quantitative estimate of drug-likeness (QED) is 0.613. The van der Waals surface area contributed by atoms with Crippen LogP contribution < -0.4 is 0 Å². The SMILES string of the molecule is ClC1Cn2ccnc2-c2nccn2C1. The molecule has 0 saturated carbocycles. The molecule has 1 aliphatic rings. The second kappa shape index (κ2) is 2.85. The third-order valence-corrected chi connectivity index (χ3v) is 2.70. The molecule has 0 atom stereocenters. The molecule has 4 nitrogen and oxygen atoms in total. The van der Waals surface area contributed by atoms with Crippen LogP contribution in [0.15, 0.2) is 24.8 Å². The molecule has 5 heteroatoms. The van der Waals surface area contributed by atoms with Gasteiger partial charge >= 0.3 is 0 Å². The van der Waals surface area contributed by atoms with Crippen molar-refractivity contribution in [1.82, 2.24) is 19.1 Å². The van der Waals surface area contributed by atoms with Crippen LogP contribution in [-0.4, -0.2) is 24.5 Å². The average Bonchev–Trinajstić information content (AvgIpc) is 2.72. The summed E-state index contributed by atoms with van der Waals surface area (Å²) < 4.78 is 4.09. The Kier molecular flexibility index (Phi) is 1.64. The van der Waals surface area contributed by atoms with E-state index >= 15 is 0 Å². The van der Waals surface area contributed by atoms with Crippen LogP contribution in [0.3, 0.4) is 0 Å². The van der Waals surface area contributed by atoms with Crippen LogP contribution in [0, 0.1) is 0 Å². The van der Waals surface area contributed by atoms with E-state index < -0.39 is 0 Å². The van der Waals surface area contributed by atoms with Gasteiger partial charge < -0.3 is 9.13 Å². The van der Waals surface area contributed by atoms with Crippen molar-refractivity contribution in [3.63, 3.8) is 0 Å². The lowest BCUT2D eigenvalue weighted by molar-refractivity contribution is 0.604. The smallest absolute Gasteiger partial charge is 0.176 e. The molecule has 0 fully saturated rings. The fraction of sp³-hybridized carbons (Fsp3) is 0.333. The molecule has 0 bridgehead atoms. The van der Waals surface area contributed by atoms with Gasteiger partial charge in [-0.15, -0.1) is 11.6 Å². The fourth-order valence-electron chi connectivity index (χ4n) is 1.81. The van der Waals surface area contributed by atoms with E-state index in [1.165, 1.54) is 0 Å². The Hall–Kier alpha value is -1.29. The van der Waals surface area contributed by atoms with E-state index in [0.717, 1.165) is 24.7 Å². The van der Waals surface area contributed by atoms with Crippen molar-refractivity contribution >= 4 is 11.6 Å². The summed E-state index contributed by atoms with van der Waals surface area (Å²) in [6.07, 6.45) is 7.44. The number of fused-ring (bicyclic) bond motifs is 3. The molecule has 1 aliphatic heterocycles. The number of hydrogen-bond acceptors (Lipinski definition) is 2. The van der Waals surface area contributed by atoms with E-state index in [9.17, 15) is 0 Å². The van der Waals surface area contributed by atoms with Gasteiger partial charge in [-0.1, -0.05) is 0 Å². The number of halogens is 1. The highest BCUT2D eigenvalue weighted by molar-refractivity contribution is 6.20. The van der Waals surface area contributed by atoms with Gasteiger partial charge in [-0.3, -0.25) is 0 Å². The number of aromatic nitrogens is 4. The summed E-state index contributed by atoms with van der Waals surface area (Å²) in [5, 5.41) is 0.0957. The molecule has 3 heterocycles. The summed E-state index contributed by atoms with van der Waals surface area (Å²) in [6.45, 7) is 1.58. The number of rotatable bonds is 0. The molecule has 2 aromatic rings. The van der Waals surface area contributed by atoms with Crippen molar-refractivity contribution in [2.45, 2.75) is 18.5 Å². The summed E-state index contributed by atoms with van der Waals surface area (Å²) in [4.78, 5) is 8.57. The Bertz CT molecular complexity index is 417. The highest BCUT2D eigenvalue weighted by Crippen LogP contribution is 2.21. The van der Waals surface area contributed by atoms with Crippen LogP contribution in [0.1, 0.15) is 0 Å². The lowest BCUT2D eigenvalue weighted by Gasteiger charge is -2.06. The van der Waals surface area contributed by atoms with Gasteiger partial charge in [0.1, 0.15) is 0 Å². The van der Waals surface area contributed by atoms with Crippen LogP contribution in [-0.2, 0) is 13.1 Å². The van der Waals surface area contributed by atoms with Crippen molar-refractivity contribution in [2.24, 2.45) is 0 Å². The van der Waals surface area contributed by atoms with Crippen LogP contribution in [0.2, 0.25) is 0 Å². The minimum Gasteiger partial charge on any atom is -0.327 e. The molecule has 72 valence electrons. The highest BCUT2D eigenvalue weighted by Gasteiger charge is 2.20. The predicted octanol–water partition coefficient (Wildman–Crippen LogP) is 1.37. The van der Waals surface area contributed by atoms with Crippen molar-refractivity contribution in [1.29, 1.82) is 0 Å². The van der Waals surface area contributed by atoms with E-state index in [4.69, 9.17) is 11.6 Å². The molecule has 0 N–H and O–H groups in total. The Balaban J connectivity index is 2.24. The van der Waals surface area contributed by atoms with Gasteiger partial charge in [0, 0.05) is 37.9 Å². The Morgan fingerprint density at radius 3 is 2.07 bits per heavy atom. The monoisotopic (exact) mass is 208 g/mol. The second-order valence-electron chi connectivity index (χ2n) is 3.40. The predicted molar refractivity (Wildman–Crippen MR) is 53.1 cm³/mol. The highest BCUT2D eigenvalue weighted by atomic mass is 35.5. The normalized spacial score (nSPS) is 16.1. The topological polar surface area (TPSA) is 35.6 Å². The van der Waals surface area contributed by atoms with Crippen LogP contribution in [0.4, 0.5) is 0 Å². The van der Waals surface area contributed by atoms with Crippen molar-refractivity contribution < 1.29 is 0 Å². The lowest BCUT2D eigenvalue weighted by Crippen LogP contribution is -2.12. The fourth-order valence-corrected chi connectivity index (χ4v) is 2.11. The zero-order valence-corrected chi connectivity index (χ0v) is 8.22. The molecule has 0 unspecified atom stereocenters. The first-order valence-corrected chi connectivity index (χ1v) is 4.95. The van der Waals surface area contributed by atoms with Crippen molar-refractivity contribution in [2.75, 3.05) is 0 Å². The number of alkyl halides is 1. The Morgan fingerprint density at radius 1 is 1.07 bits per heavy atom. The van der Waals surface area contributed by atoms with E-state index in [1.807, 2.05) is 21.5 Å².